The molecule has 0 fully saturated rings. The Hall–Kier alpha value is -2.29. The Morgan fingerprint density at radius 1 is 1.00 bits per heavy atom. The number of aryl methyl sites for hydroxylation is 1. The van der Waals surface area contributed by atoms with E-state index in [2.05, 4.69) is 0 Å². The summed E-state index contributed by atoms with van der Waals surface area (Å²) in [4.78, 5) is 10.8. The van der Waals surface area contributed by atoms with Crippen molar-refractivity contribution in [2.75, 3.05) is 14.2 Å². The molecule has 0 atom stereocenters. The highest BCUT2D eigenvalue weighted by Gasteiger charge is 2.14. The molecule has 2 aromatic carbocycles. The van der Waals surface area contributed by atoms with Gasteiger partial charge in [-0.15, -0.1) is 0 Å². The van der Waals surface area contributed by atoms with Gasteiger partial charge in [-0.25, -0.2) is 0 Å². The lowest BCUT2D eigenvalue weighted by molar-refractivity contribution is 0.112. The lowest BCUT2D eigenvalue weighted by Crippen LogP contribution is -1.95. The zero-order valence-electron chi connectivity index (χ0n) is 11.3. The van der Waals surface area contributed by atoms with Crippen LogP contribution >= 0.6 is 0 Å². The van der Waals surface area contributed by atoms with E-state index in [4.69, 9.17) is 9.47 Å². The summed E-state index contributed by atoms with van der Waals surface area (Å²) >= 11 is 0. The molecule has 0 saturated heterocycles. The average molecular weight is 256 g/mol. The van der Waals surface area contributed by atoms with Gasteiger partial charge in [0.1, 0.15) is 17.8 Å². The Kier molecular flexibility index (Phi) is 3.85. The summed E-state index contributed by atoms with van der Waals surface area (Å²) in [6.45, 7) is 1.97. The quantitative estimate of drug-likeness (QED) is 0.785. The lowest BCUT2D eigenvalue weighted by atomic mass is 9.97. The van der Waals surface area contributed by atoms with Crippen molar-refractivity contribution < 1.29 is 14.3 Å². The van der Waals surface area contributed by atoms with Gasteiger partial charge in [0, 0.05) is 5.56 Å². The van der Waals surface area contributed by atoms with Crippen molar-refractivity contribution in [3.63, 3.8) is 0 Å². The zero-order chi connectivity index (χ0) is 13.8. The van der Waals surface area contributed by atoms with Crippen LogP contribution in [0.25, 0.3) is 11.1 Å². The molecule has 0 radical (unpaired) electrons. The number of ether oxygens (including phenoxy) is 2. The second kappa shape index (κ2) is 5.57. The summed E-state index contributed by atoms with van der Waals surface area (Å²) in [5, 5.41) is 0. The molecule has 3 heteroatoms. The molecule has 0 amide bonds. The SMILES string of the molecule is COc1cccc(OC)c1-c1ccc(C=O)cc1C. The first kappa shape index (κ1) is 13.1. The molecule has 0 saturated carbocycles. The van der Waals surface area contributed by atoms with Gasteiger partial charge in [0.15, 0.2) is 0 Å². The van der Waals surface area contributed by atoms with Crippen molar-refractivity contribution in [2.24, 2.45) is 0 Å². The minimum atomic E-state index is 0.662. The van der Waals surface area contributed by atoms with E-state index >= 15 is 0 Å². The molecule has 0 aromatic heterocycles. The van der Waals surface area contributed by atoms with Gasteiger partial charge in [0.25, 0.3) is 0 Å². The molecule has 98 valence electrons. The van der Waals surface area contributed by atoms with Gasteiger partial charge < -0.3 is 9.47 Å². The van der Waals surface area contributed by atoms with E-state index in [1.165, 1.54) is 0 Å². The highest BCUT2D eigenvalue weighted by Crippen LogP contribution is 2.39. The van der Waals surface area contributed by atoms with Gasteiger partial charge in [0.05, 0.1) is 19.8 Å². The van der Waals surface area contributed by atoms with Crippen molar-refractivity contribution in [1.82, 2.24) is 0 Å². The number of benzene rings is 2. The van der Waals surface area contributed by atoms with E-state index in [0.29, 0.717) is 5.56 Å². The first-order valence-electron chi connectivity index (χ1n) is 5.98. The Morgan fingerprint density at radius 3 is 2.11 bits per heavy atom. The second-order valence-corrected chi connectivity index (χ2v) is 4.23. The van der Waals surface area contributed by atoms with Crippen molar-refractivity contribution in [2.45, 2.75) is 6.92 Å². The predicted octanol–water partition coefficient (Wildman–Crippen LogP) is 3.49. The summed E-state index contributed by atoms with van der Waals surface area (Å²) in [7, 11) is 3.26. The molecule has 0 unspecified atom stereocenters. The molecule has 0 aliphatic carbocycles. The van der Waals surface area contributed by atoms with E-state index in [9.17, 15) is 4.79 Å². The monoisotopic (exact) mass is 256 g/mol. The van der Waals surface area contributed by atoms with E-state index in [0.717, 1.165) is 34.5 Å². The highest BCUT2D eigenvalue weighted by atomic mass is 16.5. The summed E-state index contributed by atoms with van der Waals surface area (Å²) in [6.07, 6.45) is 0.843. The van der Waals surface area contributed by atoms with Crippen LogP contribution in [0, 0.1) is 6.92 Å². The van der Waals surface area contributed by atoms with E-state index < -0.39 is 0 Å². The Balaban J connectivity index is 2.67. The molecule has 19 heavy (non-hydrogen) atoms. The van der Waals surface area contributed by atoms with Gasteiger partial charge >= 0.3 is 0 Å². The molecule has 0 aliphatic rings. The normalized spacial score (nSPS) is 10.1. The molecule has 0 bridgehead atoms. The van der Waals surface area contributed by atoms with Crippen molar-refractivity contribution in [3.05, 3.63) is 47.5 Å². The summed E-state index contributed by atoms with van der Waals surface area (Å²) in [5.74, 6) is 1.50. The topological polar surface area (TPSA) is 35.5 Å². The van der Waals surface area contributed by atoms with Crippen LogP contribution in [0.4, 0.5) is 0 Å². The molecule has 2 rings (SSSR count). The van der Waals surface area contributed by atoms with Crippen LogP contribution in [-0.4, -0.2) is 20.5 Å². The third kappa shape index (κ3) is 2.45. The minimum Gasteiger partial charge on any atom is -0.496 e. The van der Waals surface area contributed by atoms with E-state index in [1.807, 2.05) is 37.3 Å². The van der Waals surface area contributed by atoms with Gasteiger partial charge in [-0.05, 0) is 36.2 Å². The van der Waals surface area contributed by atoms with E-state index in [-0.39, 0.29) is 0 Å². The minimum absolute atomic E-state index is 0.662. The maximum atomic E-state index is 10.8. The fourth-order valence-corrected chi connectivity index (χ4v) is 2.16. The van der Waals surface area contributed by atoms with Crippen LogP contribution in [0.2, 0.25) is 0 Å². The number of carbonyl (C=O) groups is 1. The maximum Gasteiger partial charge on any atom is 0.150 e. The van der Waals surface area contributed by atoms with Crippen LogP contribution in [0.15, 0.2) is 36.4 Å². The largest absolute Gasteiger partial charge is 0.496 e. The smallest absolute Gasteiger partial charge is 0.150 e. The number of hydrogen-bond donors (Lipinski definition) is 0. The number of rotatable bonds is 4. The standard InChI is InChI=1S/C16H16O3/c1-11-9-12(10-17)7-8-13(11)16-14(18-2)5-4-6-15(16)19-3/h4-10H,1-3H3. The lowest BCUT2D eigenvalue weighted by Gasteiger charge is -2.15. The van der Waals surface area contributed by atoms with Crippen LogP contribution in [-0.2, 0) is 0 Å². The Bertz CT molecular complexity index is 581. The van der Waals surface area contributed by atoms with Crippen LogP contribution in [0.3, 0.4) is 0 Å². The first-order valence-corrected chi connectivity index (χ1v) is 5.98. The fourth-order valence-electron chi connectivity index (χ4n) is 2.16. The Morgan fingerprint density at radius 2 is 1.63 bits per heavy atom. The van der Waals surface area contributed by atoms with Gasteiger partial charge in [-0.3, -0.25) is 4.79 Å². The summed E-state index contributed by atoms with van der Waals surface area (Å²) in [5.41, 5.74) is 3.57. The average Bonchev–Trinajstić information content (AvgIpc) is 2.46. The third-order valence-corrected chi connectivity index (χ3v) is 3.08. The Labute approximate surface area is 112 Å². The van der Waals surface area contributed by atoms with E-state index in [1.54, 1.807) is 20.3 Å². The maximum absolute atomic E-state index is 10.8. The zero-order valence-corrected chi connectivity index (χ0v) is 11.3. The van der Waals surface area contributed by atoms with Crippen molar-refractivity contribution in [1.29, 1.82) is 0 Å². The second-order valence-electron chi connectivity index (χ2n) is 4.23. The van der Waals surface area contributed by atoms with Crippen LogP contribution in [0.1, 0.15) is 15.9 Å². The fraction of sp³-hybridized carbons (Fsp3) is 0.188. The molecule has 0 heterocycles. The molecule has 3 nitrogen and oxygen atoms in total. The van der Waals surface area contributed by atoms with Crippen LogP contribution < -0.4 is 9.47 Å². The summed E-state index contributed by atoms with van der Waals surface area (Å²) < 4.78 is 10.8. The first-order chi connectivity index (χ1) is 9.21. The molecule has 2 aromatic rings. The number of aldehydes is 1. The molecule has 0 aliphatic heterocycles. The molecular weight excluding hydrogens is 240 g/mol. The van der Waals surface area contributed by atoms with Gasteiger partial charge in [-0.1, -0.05) is 18.2 Å². The molecule has 0 spiro atoms. The highest BCUT2D eigenvalue weighted by molar-refractivity contribution is 5.83. The van der Waals surface area contributed by atoms with Crippen molar-refractivity contribution >= 4 is 6.29 Å². The molecular formula is C16H16O3. The van der Waals surface area contributed by atoms with Gasteiger partial charge in [0.2, 0.25) is 0 Å². The summed E-state index contributed by atoms with van der Waals surface area (Å²) in [6, 6.07) is 11.2. The van der Waals surface area contributed by atoms with Crippen LogP contribution in [0.5, 0.6) is 11.5 Å². The molecule has 0 N–H and O–H groups in total. The third-order valence-electron chi connectivity index (χ3n) is 3.08. The van der Waals surface area contributed by atoms with Gasteiger partial charge in [-0.2, -0.15) is 0 Å². The number of methoxy groups -OCH3 is 2. The van der Waals surface area contributed by atoms with Crippen molar-refractivity contribution in [3.8, 4) is 22.6 Å². The number of hydrogen-bond acceptors (Lipinski definition) is 3. The number of carbonyl (C=O) groups excluding carboxylic acids is 1. The predicted molar refractivity (Wildman–Crippen MR) is 75.1 cm³/mol.